The molecule has 0 amide bonds. The fourth-order valence-electron chi connectivity index (χ4n) is 2.64. The van der Waals surface area contributed by atoms with Crippen molar-refractivity contribution >= 4 is 28.8 Å². The lowest BCUT2D eigenvalue weighted by molar-refractivity contribution is 0.395. The summed E-state index contributed by atoms with van der Waals surface area (Å²) in [4.78, 5) is 0. The third kappa shape index (κ3) is 4.98. The van der Waals surface area contributed by atoms with E-state index in [4.69, 9.17) is 21.7 Å². The lowest BCUT2D eigenvalue weighted by Gasteiger charge is -2.12. The topological polar surface area (TPSA) is 60.3 Å². The zero-order valence-corrected chi connectivity index (χ0v) is 16.3. The van der Waals surface area contributed by atoms with Crippen LogP contribution in [0.1, 0.15) is 11.1 Å². The number of hydrogen-bond acceptors (Lipinski definition) is 4. The molecule has 0 radical (unpaired) electrons. The minimum atomic E-state index is 0.437. The zero-order chi connectivity index (χ0) is 19.2. The molecule has 3 aromatic rings. The van der Waals surface area contributed by atoms with E-state index in [0.717, 1.165) is 5.69 Å². The molecule has 0 aliphatic heterocycles. The Balaban J connectivity index is 1.63. The van der Waals surface area contributed by atoms with E-state index in [0.29, 0.717) is 29.0 Å². The monoisotopic (exact) mass is 382 g/mol. The van der Waals surface area contributed by atoms with Crippen LogP contribution in [0.3, 0.4) is 0 Å². The smallest absolute Gasteiger partial charge is 0.176 e. The Morgan fingerprint density at radius 3 is 2.41 bits per heavy atom. The fourth-order valence-corrected chi connectivity index (χ4v) is 2.86. The number of anilines is 2. The van der Waals surface area contributed by atoms with Crippen molar-refractivity contribution in [1.82, 2.24) is 9.78 Å². The average Bonchev–Trinajstić information content (AvgIpc) is 3.09. The van der Waals surface area contributed by atoms with E-state index in [1.165, 1.54) is 11.1 Å². The van der Waals surface area contributed by atoms with Gasteiger partial charge in [-0.15, -0.1) is 0 Å². The second kappa shape index (κ2) is 8.55. The summed E-state index contributed by atoms with van der Waals surface area (Å²) in [6, 6.07) is 15.6. The quantitative estimate of drug-likeness (QED) is 0.627. The van der Waals surface area contributed by atoms with E-state index >= 15 is 0 Å². The number of nitrogens with one attached hydrogen (secondary N) is 2. The predicted molar refractivity (Wildman–Crippen MR) is 112 cm³/mol. The minimum absolute atomic E-state index is 0.437. The summed E-state index contributed by atoms with van der Waals surface area (Å²) in [5.41, 5.74) is 3.24. The number of thiocarbonyl (C=S) groups is 1. The first-order chi connectivity index (χ1) is 13.1. The highest BCUT2D eigenvalue weighted by molar-refractivity contribution is 7.80. The van der Waals surface area contributed by atoms with Crippen LogP contribution in [-0.2, 0) is 6.54 Å². The first-order valence-corrected chi connectivity index (χ1v) is 8.87. The van der Waals surface area contributed by atoms with Gasteiger partial charge in [-0.25, -0.2) is 0 Å². The Kier molecular flexibility index (Phi) is 5.93. The van der Waals surface area contributed by atoms with Crippen molar-refractivity contribution in [3.63, 3.8) is 0 Å². The summed E-state index contributed by atoms with van der Waals surface area (Å²) in [6.07, 6.45) is 1.92. The standard InChI is InChI=1S/C20H22N4O2S/c1-14-6-4-5-7-15(14)13-24-9-8-19(23-24)22-20(27)21-16-10-17(25-2)12-18(11-16)26-3/h4-12H,13H2,1-3H3,(H2,21,22,23,27). The fraction of sp³-hybridized carbons (Fsp3) is 0.200. The Morgan fingerprint density at radius 2 is 1.74 bits per heavy atom. The molecule has 1 aromatic heterocycles. The highest BCUT2D eigenvalue weighted by Gasteiger charge is 2.06. The second-order valence-electron chi connectivity index (χ2n) is 6.01. The summed E-state index contributed by atoms with van der Waals surface area (Å²) >= 11 is 5.38. The summed E-state index contributed by atoms with van der Waals surface area (Å²) in [7, 11) is 3.21. The minimum Gasteiger partial charge on any atom is -0.497 e. The molecule has 0 bridgehead atoms. The molecule has 0 spiro atoms. The van der Waals surface area contributed by atoms with Gasteiger partial charge in [0.25, 0.3) is 0 Å². The molecule has 0 atom stereocenters. The van der Waals surface area contributed by atoms with Crippen molar-refractivity contribution in [3.8, 4) is 11.5 Å². The molecule has 0 fully saturated rings. The van der Waals surface area contributed by atoms with Gasteiger partial charge in [0.15, 0.2) is 10.9 Å². The maximum atomic E-state index is 5.38. The van der Waals surface area contributed by atoms with Crippen molar-refractivity contribution in [2.24, 2.45) is 0 Å². The summed E-state index contributed by atoms with van der Waals surface area (Å²) in [6.45, 7) is 2.81. The maximum absolute atomic E-state index is 5.38. The highest BCUT2D eigenvalue weighted by atomic mass is 32.1. The van der Waals surface area contributed by atoms with Crippen molar-refractivity contribution in [1.29, 1.82) is 0 Å². The van der Waals surface area contributed by atoms with Gasteiger partial charge in [-0.1, -0.05) is 24.3 Å². The van der Waals surface area contributed by atoms with Crippen LogP contribution in [0.2, 0.25) is 0 Å². The van der Waals surface area contributed by atoms with Crippen LogP contribution in [0.15, 0.2) is 54.7 Å². The van der Waals surface area contributed by atoms with Gasteiger partial charge in [-0.2, -0.15) is 5.10 Å². The Morgan fingerprint density at radius 1 is 1.04 bits per heavy atom. The summed E-state index contributed by atoms with van der Waals surface area (Å²) in [5, 5.41) is 11.2. The van der Waals surface area contributed by atoms with Gasteiger partial charge in [0.05, 0.1) is 20.8 Å². The van der Waals surface area contributed by atoms with Crippen molar-refractivity contribution in [3.05, 3.63) is 65.9 Å². The Bertz CT molecular complexity index is 917. The SMILES string of the molecule is COc1cc(NC(=S)Nc2ccn(Cc3ccccc3C)n2)cc(OC)c1. The number of aromatic nitrogens is 2. The third-order valence-electron chi connectivity index (χ3n) is 4.09. The van der Waals surface area contributed by atoms with Crippen LogP contribution in [-0.4, -0.2) is 29.1 Å². The largest absolute Gasteiger partial charge is 0.497 e. The van der Waals surface area contributed by atoms with E-state index in [1.54, 1.807) is 20.3 Å². The van der Waals surface area contributed by atoms with E-state index in [-0.39, 0.29) is 0 Å². The normalized spacial score (nSPS) is 10.3. The molecule has 0 aliphatic carbocycles. The first kappa shape index (κ1) is 18.7. The molecule has 0 aliphatic rings. The van der Waals surface area contributed by atoms with Crippen LogP contribution >= 0.6 is 12.2 Å². The molecular weight excluding hydrogens is 360 g/mol. The predicted octanol–water partition coefficient (Wildman–Crippen LogP) is 4.07. The Hall–Kier alpha value is -3.06. The number of methoxy groups -OCH3 is 2. The van der Waals surface area contributed by atoms with Crippen LogP contribution in [0.4, 0.5) is 11.5 Å². The number of rotatable bonds is 6. The van der Waals surface area contributed by atoms with Crippen LogP contribution in [0.5, 0.6) is 11.5 Å². The summed E-state index contributed by atoms with van der Waals surface area (Å²) < 4.78 is 12.4. The van der Waals surface area contributed by atoms with E-state index in [2.05, 4.69) is 34.8 Å². The maximum Gasteiger partial charge on any atom is 0.176 e. The van der Waals surface area contributed by atoms with Crippen molar-refractivity contribution < 1.29 is 9.47 Å². The van der Waals surface area contributed by atoms with E-state index < -0.39 is 0 Å². The van der Waals surface area contributed by atoms with Crippen molar-refractivity contribution in [2.45, 2.75) is 13.5 Å². The number of aryl methyl sites for hydroxylation is 1. The van der Waals surface area contributed by atoms with Gasteiger partial charge >= 0.3 is 0 Å². The molecule has 140 valence electrons. The average molecular weight is 382 g/mol. The molecule has 6 nitrogen and oxygen atoms in total. The third-order valence-corrected chi connectivity index (χ3v) is 4.29. The molecule has 0 saturated heterocycles. The lowest BCUT2D eigenvalue weighted by atomic mass is 10.1. The van der Waals surface area contributed by atoms with Crippen LogP contribution < -0.4 is 20.1 Å². The molecule has 3 rings (SSSR count). The van der Waals surface area contributed by atoms with Gasteiger partial charge < -0.3 is 20.1 Å². The molecule has 2 N–H and O–H groups in total. The Labute approximate surface area is 164 Å². The number of nitrogens with zero attached hydrogens (tertiary/aromatic N) is 2. The molecule has 0 saturated carbocycles. The molecule has 0 unspecified atom stereocenters. The molecule has 7 heteroatoms. The second-order valence-corrected chi connectivity index (χ2v) is 6.41. The van der Waals surface area contributed by atoms with E-state index in [9.17, 15) is 0 Å². The van der Waals surface area contributed by atoms with Crippen molar-refractivity contribution in [2.75, 3.05) is 24.9 Å². The van der Waals surface area contributed by atoms with Gasteiger partial charge in [-0.05, 0) is 30.3 Å². The zero-order valence-electron chi connectivity index (χ0n) is 15.5. The molecule has 1 heterocycles. The number of hydrogen-bond donors (Lipinski definition) is 2. The summed E-state index contributed by atoms with van der Waals surface area (Å²) in [5.74, 6) is 2.04. The molecule has 2 aromatic carbocycles. The van der Waals surface area contributed by atoms with Gasteiger partial charge in [0.2, 0.25) is 0 Å². The van der Waals surface area contributed by atoms with Crippen LogP contribution in [0.25, 0.3) is 0 Å². The van der Waals surface area contributed by atoms with Gasteiger partial charge in [-0.3, -0.25) is 4.68 Å². The first-order valence-electron chi connectivity index (χ1n) is 8.46. The number of ether oxygens (including phenoxy) is 2. The van der Waals surface area contributed by atoms with Gasteiger partial charge in [0.1, 0.15) is 11.5 Å². The highest BCUT2D eigenvalue weighted by Crippen LogP contribution is 2.25. The van der Waals surface area contributed by atoms with Gasteiger partial charge in [0, 0.05) is 36.1 Å². The van der Waals surface area contributed by atoms with E-state index in [1.807, 2.05) is 41.2 Å². The molecule has 27 heavy (non-hydrogen) atoms. The lowest BCUT2D eigenvalue weighted by Crippen LogP contribution is -2.19. The molecular formula is C20H22N4O2S. The van der Waals surface area contributed by atoms with Crippen LogP contribution in [0, 0.1) is 6.92 Å². The number of benzene rings is 2.